The molecule has 212 valence electrons. The smallest absolute Gasteiger partial charge is 0.274 e. The SMILES string of the molecule is BC(O)(O)C1CC(N)CN1c1cc(-c2cnccc2C#N)ccc1NC(=O)c1ccnc(-c2c(F)cccc2OC)n1. The Bertz CT molecular complexity index is 1690. The first-order valence-corrected chi connectivity index (χ1v) is 13.0. The van der Waals surface area contributed by atoms with Crippen molar-refractivity contribution < 1.29 is 24.1 Å². The van der Waals surface area contributed by atoms with E-state index in [1.807, 2.05) is 0 Å². The number of pyridine rings is 1. The van der Waals surface area contributed by atoms with Crippen LogP contribution in [0, 0.1) is 17.1 Å². The van der Waals surface area contributed by atoms with Gasteiger partial charge in [0.15, 0.2) is 13.7 Å². The van der Waals surface area contributed by atoms with Gasteiger partial charge in [0.05, 0.1) is 41.7 Å². The normalized spacial score (nSPS) is 16.6. The molecule has 0 aliphatic carbocycles. The third kappa shape index (κ3) is 5.64. The van der Waals surface area contributed by atoms with Crippen LogP contribution in [0.2, 0.25) is 0 Å². The predicted octanol–water partition coefficient (Wildman–Crippen LogP) is 1.65. The largest absolute Gasteiger partial charge is 0.496 e. The topological polar surface area (TPSA) is 171 Å². The van der Waals surface area contributed by atoms with Crippen molar-refractivity contribution in [3.05, 3.63) is 84.2 Å². The number of nitrogens with zero attached hydrogens (tertiary/aromatic N) is 5. The van der Waals surface area contributed by atoms with Crippen molar-refractivity contribution in [2.45, 2.75) is 24.2 Å². The monoisotopic (exact) mass is 567 g/mol. The Kier molecular flexibility index (Phi) is 7.86. The molecule has 2 unspecified atom stereocenters. The predicted molar refractivity (Wildman–Crippen MR) is 156 cm³/mol. The second-order valence-electron chi connectivity index (χ2n) is 10.1. The number of amides is 1. The number of nitriles is 1. The summed E-state index contributed by atoms with van der Waals surface area (Å²) in [5, 5.41) is 33.6. The molecular weight excluding hydrogens is 540 g/mol. The lowest BCUT2D eigenvalue weighted by Gasteiger charge is -2.35. The quantitative estimate of drug-likeness (QED) is 0.190. The molecule has 11 nitrogen and oxygen atoms in total. The first-order valence-electron chi connectivity index (χ1n) is 13.0. The van der Waals surface area contributed by atoms with Gasteiger partial charge in [0.25, 0.3) is 5.91 Å². The Morgan fingerprint density at radius 1 is 1.26 bits per heavy atom. The van der Waals surface area contributed by atoms with Gasteiger partial charge in [-0.25, -0.2) is 14.4 Å². The molecule has 5 N–H and O–H groups in total. The van der Waals surface area contributed by atoms with Crippen molar-refractivity contribution >= 4 is 25.1 Å². The number of aliphatic hydroxyl groups is 2. The molecule has 0 saturated carbocycles. The highest BCUT2D eigenvalue weighted by Crippen LogP contribution is 2.38. The number of benzene rings is 2. The Morgan fingerprint density at radius 2 is 2.07 bits per heavy atom. The Morgan fingerprint density at radius 3 is 2.81 bits per heavy atom. The van der Waals surface area contributed by atoms with Gasteiger partial charge in [-0.15, -0.1) is 0 Å². The molecule has 1 fully saturated rings. The molecular formula is C29H27BFN7O4. The highest BCUT2D eigenvalue weighted by atomic mass is 19.1. The van der Waals surface area contributed by atoms with E-state index in [-0.39, 0.29) is 41.8 Å². The highest BCUT2D eigenvalue weighted by Gasteiger charge is 2.42. The molecule has 2 aromatic heterocycles. The molecule has 1 saturated heterocycles. The van der Waals surface area contributed by atoms with Crippen molar-refractivity contribution in [3.63, 3.8) is 0 Å². The van der Waals surface area contributed by atoms with Crippen molar-refractivity contribution in [2.24, 2.45) is 5.73 Å². The van der Waals surface area contributed by atoms with Crippen LogP contribution in [0.25, 0.3) is 22.5 Å². The van der Waals surface area contributed by atoms with Gasteiger partial charge in [0, 0.05) is 36.7 Å². The van der Waals surface area contributed by atoms with E-state index >= 15 is 0 Å². The summed E-state index contributed by atoms with van der Waals surface area (Å²) in [6.07, 6.45) is 4.71. The van der Waals surface area contributed by atoms with E-state index in [0.29, 0.717) is 28.1 Å². The summed E-state index contributed by atoms with van der Waals surface area (Å²) in [6.45, 7) is 0.274. The number of nitrogens with two attached hydrogens (primary N) is 1. The van der Waals surface area contributed by atoms with E-state index in [1.165, 1.54) is 45.5 Å². The molecule has 13 heteroatoms. The first-order chi connectivity index (χ1) is 20.1. The van der Waals surface area contributed by atoms with Gasteiger partial charge in [-0.2, -0.15) is 5.26 Å². The zero-order valence-corrected chi connectivity index (χ0v) is 22.8. The number of rotatable bonds is 7. The van der Waals surface area contributed by atoms with E-state index < -0.39 is 23.5 Å². The van der Waals surface area contributed by atoms with Gasteiger partial charge in [-0.3, -0.25) is 9.78 Å². The van der Waals surface area contributed by atoms with Crippen molar-refractivity contribution in [3.8, 4) is 34.3 Å². The molecule has 2 atom stereocenters. The summed E-state index contributed by atoms with van der Waals surface area (Å²) in [5.74, 6) is -1.04. The zero-order valence-electron chi connectivity index (χ0n) is 22.8. The molecule has 1 amide bonds. The number of carbonyl (C=O) groups is 1. The first kappa shape index (κ1) is 28.6. The second-order valence-corrected chi connectivity index (χ2v) is 10.1. The van der Waals surface area contributed by atoms with Crippen LogP contribution in [-0.4, -0.2) is 70.3 Å². The molecule has 3 heterocycles. The molecule has 0 radical (unpaired) electrons. The third-order valence-electron chi connectivity index (χ3n) is 7.08. The summed E-state index contributed by atoms with van der Waals surface area (Å²) in [6, 6.07) is 13.4. The van der Waals surface area contributed by atoms with Crippen molar-refractivity contribution in [1.82, 2.24) is 15.0 Å². The summed E-state index contributed by atoms with van der Waals surface area (Å²) >= 11 is 0. The second kappa shape index (κ2) is 11.5. The van der Waals surface area contributed by atoms with Crippen LogP contribution in [0.4, 0.5) is 15.8 Å². The minimum atomic E-state index is -2.10. The van der Waals surface area contributed by atoms with Crippen LogP contribution in [-0.2, 0) is 0 Å². The average molecular weight is 567 g/mol. The lowest BCUT2D eigenvalue weighted by atomic mass is 9.85. The number of ether oxygens (including phenoxy) is 1. The Balaban J connectivity index is 1.56. The van der Waals surface area contributed by atoms with Crippen LogP contribution in [0.5, 0.6) is 5.75 Å². The number of carbonyl (C=O) groups excluding carboxylic acids is 1. The molecule has 5 rings (SSSR count). The minimum Gasteiger partial charge on any atom is -0.496 e. The fourth-order valence-corrected chi connectivity index (χ4v) is 5.10. The number of anilines is 2. The Hall–Kier alpha value is -4.90. The number of hydrogen-bond donors (Lipinski definition) is 4. The van der Waals surface area contributed by atoms with Gasteiger partial charge < -0.3 is 30.9 Å². The minimum absolute atomic E-state index is 0.0172. The molecule has 4 aromatic rings. The van der Waals surface area contributed by atoms with Crippen LogP contribution in [0.15, 0.2) is 67.1 Å². The molecule has 2 aromatic carbocycles. The molecule has 1 aliphatic rings. The molecule has 42 heavy (non-hydrogen) atoms. The summed E-state index contributed by atoms with van der Waals surface area (Å²) in [7, 11) is 2.67. The Labute approximate surface area is 241 Å². The van der Waals surface area contributed by atoms with Gasteiger partial charge in [0.2, 0.25) is 0 Å². The van der Waals surface area contributed by atoms with Crippen molar-refractivity contribution in [1.29, 1.82) is 5.26 Å². The summed E-state index contributed by atoms with van der Waals surface area (Å²) in [5.41, 5.74) is 6.48. The molecule has 1 aliphatic heterocycles. The third-order valence-corrected chi connectivity index (χ3v) is 7.08. The van der Waals surface area contributed by atoms with E-state index in [2.05, 4.69) is 26.3 Å². The van der Waals surface area contributed by atoms with Crippen LogP contribution in [0.3, 0.4) is 0 Å². The number of nitrogens with one attached hydrogen (secondary N) is 1. The van der Waals surface area contributed by atoms with E-state index in [0.717, 1.165) is 0 Å². The fraction of sp³-hybridized carbons (Fsp3) is 0.207. The van der Waals surface area contributed by atoms with Crippen molar-refractivity contribution in [2.75, 3.05) is 23.9 Å². The van der Waals surface area contributed by atoms with E-state index in [9.17, 15) is 24.7 Å². The van der Waals surface area contributed by atoms with E-state index in [4.69, 9.17) is 10.5 Å². The van der Waals surface area contributed by atoms with Crippen LogP contribution in [0.1, 0.15) is 22.5 Å². The van der Waals surface area contributed by atoms with Crippen LogP contribution >= 0.6 is 0 Å². The van der Waals surface area contributed by atoms with Gasteiger partial charge in [-0.05, 0) is 48.4 Å². The summed E-state index contributed by atoms with van der Waals surface area (Å²) in [4.78, 5) is 27.8. The summed E-state index contributed by atoms with van der Waals surface area (Å²) < 4.78 is 19.9. The number of halogens is 1. The fourth-order valence-electron chi connectivity index (χ4n) is 5.10. The molecule has 0 spiro atoms. The number of methoxy groups -OCH3 is 1. The molecule has 0 bridgehead atoms. The van der Waals surface area contributed by atoms with Gasteiger partial charge in [0.1, 0.15) is 22.9 Å². The van der Waals surface area contributed by atoms with Gasteiger partial charge >= 0.3 is 0 Å². The maximum absolute atomic E-state index is 14.7. The number of aromatic nitrogens is 3. The van der Waals surface area contributed by atoms with E-state index in [1.54, 1.807) is 41.4 Å². The zero-order chi connectivity index (χ0) is 30.0. The maximum Gasteiger partial charge on any atom is 0.274 e. The van der Waals surface area contributed by atoms with Gasteiger partial charge in [-0.1, -0.05) is 12.1 Å². The lowest BCUT2D eigenvalue weighted by molar-refractivity contribution is -0.101. The van der Waals surface area contributed by atoms with Crippen LogP contribution < -0.4 is 20.7 Å². The number of hydrogen-bond acceptors (Lipinski definition) is 10. The standard InChI is InChI=1S/C29H27BFN7O4/c1-42-24-4-2-3-20(31)26(24)27-35-10-8-22(36-27)28(39)37-21-6-5-16(19-14-34-9-7-17(19)13-32)11-23(21)38-15-18(33)12-25(38)29(30,40)41/h2-11,14,18,25,40-41H,12,15,30,33H2,1H3,(H,37,39). The average Bonchev–Trinajstić information content (AvgIpc) is 3.39. The highest BCUT2D eigenvalue weighted by molar-refractivity contribution is 6.14. The maximum atomic E-state index is 14.7. The lowest BCUT2D eigenvalue weighted by Crippen LogP contribution is -2.50.